The van der Waals surface area contributed by atoms with Gasteiger partial charge in [0.05, 0.1) is 5.56 Å². The van der Waals surface area contributed by atoms with Crippen LogP contribution in [0.25, 0.3) is 4.85 Å². The first-order valence-corrected chi connectivity index (χ1v) is 4.00. The topological polar surface area (TPSA) is 17.2 Å². The molecule has 0 aliphatic carbocycles. The van der Waals surface area contributed by atoms with Gasteiger partial charge in [0, 0.05) is 23.8 Å². The zero-order valence-electron chi connectivity index (χ0n) is 6.08. The molecule has 56 valence electrons. The lowest BCUT2D eigenvalue weighted by Gasteiger charge is -1.97. The lowest BCUT2D eigenvalue weighted by molar-refractivity contribution is 0.945. The zero-order chi connectivity index (χ0) is 8.27. The Hall–Kier alpha value is -0.880. The molecule has 0 aromatic carbocycles. The second-order valence-electron chi connectivity index (χ2n) is 2.24. The Morgan fingerprint density at radius 1 is 1.64 bits per heavy atom. The van der Waals surface area contributed by atoms with Gasteiger partial charge in [-0.1, -0.05) is 0 Å². The van der Waals surface area contributed by atoms with Crippen molar-refractivity contribution in [3.63, 3.8) is 0 Å². The maximum Gasteiger partial charge on any atom is 0.247 e. The highest BCUT2D eigenvalue weighted by molar-refractivity contribution is 9.10. The first-order chi connectivity index (χ1) is 5.24. The summed E-state index contributed by atoms with van der Waals surface area (Å²) in [6.07, 6.45) is 3.42. The molecule has 1 atom stereocenters. The Morgan fingerprint density at radius 2 is 2.36 bits per heavy atom. The summed E-state index contributed by atoms with van der Waals surface area (Å²) in [6, 6.07) is 1.82. The number of hydrogen-bond donors (Lipinski definition) is 0. The van der Waals surface area contributed by atoms with Crippen molar-refractivity contribution < 1.29 is 0 Å². The number of hydrogen-bond acceptors (Lipinski definition) is 1. The maximum absolute atomic E-state index is 6.80. The Bertz CT molecular complexity index is 290. The third-order valence-corrected chi connectivity index (χ3v) is 1.84. The van der Waals surface area contributed by atoms with Crippen LogP contribution in [0.2, 0.25) is 0 Å². The van der Waals surface area contributed by atoms with Gasteiger partial charge in [0.1, 0.15) is 0 Å². The third kappa shape index (κ3) is 2.02. The predicted octanol–water partition coefficient (Wildman–Crippen LogP) is 2.82. The largest absolute Gasteiger partial charge is 0.309 e. The quantitative estimate of drug-likeness (QED) is 0.652. The van der Waals surface area contributed by atoms with Gasteiger partial charge in [0.2, 0.25) is 6.04 Å². The Kier molecular flexibility index (Phi) is 2.61. The van der Waals surface area contributed by atoms with Gasteiger partial charge in [-0.3, -0.25) is 4.98 Å². The van der Waals surface area contributed by atoms with Crippen LogP contribution in [0, 0.1) is 6.57 Å². The van der Waals surface area contributed by atoms with Crippen molar-refractivity contribution in [2.75, 3.05) is 0 Å². The molecular weight excluding hydrogens is 204 g/mol. The standard InChI is InChI=1S/C8H7BrN2/c1-6(10-2)7-3-8(9)5-11-4-7/h3-6H,1H3. The zero-order valence-corrected chi connectivity index (χ0v) is 7.67. The molecule has 0 N–H and O–H groups in total. The minimum absolute atomic E-state index is 0.0972. The average molecular weight is 211 g/mol. The summed E-state index contributed by atoms with van der Waals surface area (Å²) in [6.45, 7) is 8.66. The Labute approximate surface area is 74.2 Å². The second kappa shape index (κ2) is 3.49. The molecule has 1 aromatic rings. The fourth-order valence-corrected chi connectivity index (χ4v) is 1.11. The molecule has 3 heteroatoms. The molecule has 0 radical (unpaired) electrons. The predicted molar refractivity (Wildman–Crippen MR) is 47.0 cm³/mol. The van der Waals surface area contributed by atoms with Crippen LogP contribution >= 0.6 is 15.9 Å². The number of aromatic nitrogens is 1. The fourth-order valence-electron chi connectivity index (χ4n) is 0.731. The van der Waals surface area contributed by atoms with E-state index in [1.54, 1.807) is 12.4 Å². The number of halogens is 1. The van der Waals surface area contributed by atoms with E-state index in [0.717, 1.165) is 10.0 Å². The maximum atomic E-state index is 6.80. The lowest BCUT2D eigenvalue weighted by atomic mass is 10.2. The van der Waals surface area contributed by atoms with E-state index in [-0.39, 0.29) is 6.04 Å². The van der Waals surface area contributed by atoms with Crippen molar-refractivity contribution in [1.82, 2.24) is 4.98 Å². The van der Waals surface area contributed by atoms with Gasteiger partial charge in [0.15, 0.2) is 0 Å². The first kappa shape index (κ1) is 8.22. The SMILES string of the molecule is [C-]#[N+]C(C)c1cncc(Br)c1. The van der Waals surface area contributed by atoms with E-state index in [2.05, 4.69) is 25.8 Å². The molecule has 2 nitrogen and oxygen atoms in total. The van der Waals surface area contributed by atoms with Crippen molar-refractivity contribution >= 4 is 15.9 Å². The smallest absolute Gasteiger partial charge is 0.247 e. The van der Waals surface area contributed by atoms with Crippen LogP contribution < -0.4 is 0 Å². The molecule has 0 spiro atoms. The summed E-state index contributed by atoms with van der Waals surface area (Å²) in [7, 11) is 0. The molecule has 1 aromatic heterocycles. The van der Waals surface area contributed by atoms with E-state index < -0.39 is 0 Å². The molecule has 0 aliphatic heterocycles. The molecule has 0 amide bonds. The molecule has 0 saturated carbocycles. The van der Waals surface area contributed by atoms with Crippen LogP contribution in [0.4, 0.5) is 0 Å². The van der Waals surface area contributed by atoms with E-state index >= 15 is 0 Å². The van der Waals surface area contributed by atoms with Crippen LogP contribution in [-0.4, -0.2) is 4.98 Å². The van der Waals surface area contributed by atoms with E-state index in [1.807, 2.05) is 13.0 Å². The molecule has 0 saturated heterocycles. The van der Waals surface area contributed by atoms with Crippen LogP contribution in [-0.2, 0) is 0 Å². The minimum Gasteiger partial charge on any atom is -0.309 e. The summed E-state index contributed by atoms with van der Waals surface area (Å²) in [4.78, 5) is 7.35. The molecule has 1 heterocycles. The van der Waals surface area contributed by atoms with Crippen molar-refractivity contribution in [3.05, 3.63) is 39.9 Å². The summed E-state index contributed by atoms with van der Waals surface area (Å²) >= 11 is 3.29. The van der Waals surface area contributed by atoms with Gasteiger partial charge in [-0.05, 0) is 22.0 Å². The van der Waals surface area contributed by atoms with Gasteiger partial charge in [-0.25, -0.2) is 6.57 Å². The van der Waals surface area contributed by atoms with E-state index in [1.165, 1.54) is 0 Å². The van der Waals surface area contributed by atoms with Crippen LogP contribution in [0.5, 0.6) is 0 Å². The fraction of sp³-hybridized carbons (Fsp3) is 0.250. The average Bonchev–Trinajstić information content (AvgIpc) is 2.03. The third-order valence-electron chi connectivity index (χ3n) is 1.40. The van der Waals surface area contributed by atoms with Gasteiger partial charge in [-0.15, -0.1) is 0 Å². The van der Waals surface area contributed by atoms with Gasteiger partial charge >= 0.3 is 0 Å². The summed E-state index contributed by atoms with van der Waals surface area (Å²) in [5.74, 6) is 0. The molecule has 1 unspecified atom stereocenters. The summed E-state index contributed by atoms with van der Waals surface area (Å²) < 4.78 is 0.922. The normalized spacial score (nSPS) is 12.1. The Morgan fingerprint density at radius 3 is 2.91 bits per heavy atom. The molecule has 0 fully saturated rings. The summed E-state index contributed by atoms with van der Waals surface area (Å²) in [5.41, 5.74) is 0.953. The number of rotatable bonds is 1. The number of nitrogens with zero attached hydrogens (tertiary/aromatic N) is 2. The van der Waals surface area contributed by atoms with Crippen molar-refractivity contribution in [2.24, 2.45) is 0 Å². The number of pyridine rings is 1. The molecule has 11 heavy (non-hydrogen) atoms. The highest BCUT2D eigenvalue weighted by atomic mass is 79.9. The monoisotopic (exact) mass is 210 g/mol. The van der Waals surface area contributed by atoms with Crippen LogP contribution in [0.1, 0.15) is 18.5 Å². The Balaban J connectivity index is 2.98. The lowest BCUT2D eigenvalue weighted by Crippen LogP contribution is -1.87. The van der Waals surface area contributed by atoms with E-state index in [0.29, 0.717) is 0 Å². The second-order valence-corrected chi connectivity index (χ2v) is 3.16. The highest BCUT2D eigenvalue weighted by Gasteiger charge is 2.07. The summed E-state index contributed by atoms with van der Waals surface area (Å²) in [5, 5.41) is 0. The minimum atomic E-state index is -0.0972. The van der Waals surface area contributed by atoms with E-state index in [4.69, 9.17) is 6.57 Å². The van der Waals surface area contributed by atoms with Crippen molar-refractivity contribution in [3.8, 4) is 0 Å². The highest BCUT2D eigenvalue weighted by Crippen LogP contribution is 2.18. The van der Waals surface area contributed by atoms with Gasteiger partial charge in [0.25, 0.3) is 0 Å². The van der Waals surface area contributed by atoms with Crippen LogP contribution in [0.3, 0.4) is 0 Å². The van der Waals surface area contributed by atoms with Crippen molar-refractivity contribution in [1.29, 1.82) is 0 Å². The van der Waals surface area contributed by atoms with Gasteiger partial charge < -0.3 is 4.85 Å². The first-order valence-electron chi connectivity index (χ1n) is 3.21. The molecule has 0 aliphatic rings. The van der Waals surface area contributed by atoms with Gasteiger partial charge in [-0.2, -0.15) is 0 Å². The molecule has 1 rings (SSSR count). The van der Waals surface area contributed by atoms with Crippen LogP contribution in [0.15, 0.2) is 22.9 Å². The molecular formula is C8H7BrN2. The van der Waals surface area contributed by atoms with Crippen molar-refractivity contribution in [2.45, 2.75) is 13.0 Å². The van der Waals surface area contributed by atoms with E-state index in [9.17, 15) is 0 Å². The molecule has 0 bridgehead atoms.